The molecule has 5 heteroatoms. The highest BCUT2D eigenvalue weighted by Crippen LogP contribution is 2.30. The largest absolute Gasteiger partial charge is 0.390 e. The molecule has 2 aromatic heterocycles. The molecule has 0 radical (unpaired) electrons. The quantitative estimate of drug-likeness (QED) is 0.906. The molecule has 2 unspecified atom stereocenters. The molecule has 98 valence electrons. The topological polar surface area (TPSA) is 40.8 Å². The van der Waals surface area contributed by atoms with E-state index in [9.17, 15) is 5.11 Å². The van der Waals surface area contributed by atoms with E-state index < -0.39 is 0 Å². The first-order valence-electron chi connectivity index (χ1n) is 6.51. The van der Waals surface area contributed by atoms with Crippen molar-refractivity contribution in [1.82, 2.24) is 9.38 Å². The van der Waals surface area contributed by atoms with Gasteiger partial charge in [0.25, 0.3) is 0 Å². The third kappa shape index (κ3) is 1.82. The van der Waals surface area contributed by atoms with Crippen LogP contribution in [0.5, 0.6) is 0 Å². The van der Waals surface area contributed by atoms with Gasteiger partial charge < -0.3 is 10.0 Å². The maximum Gasteiger partial charge on any atom is 0.195 e. The zero-order valence-corrected chi connectivity index (χ0v) is 11.7. The molecule has 1 aliphatic rings. The van der Waals surface area contributed by atoms with E-state index in [1.165, 1.54) is 6.42 Å². The van der Waals surface area contributed by atoms with Crippen LogP contribution in [0.15, 0.2) is 11.6 Å². The lowest BCUT2D eigenvalue weighted by Crippen LogP contribution is -2.39. The van der Waals surface area contributed by atoms with Crippen LogP contribution in [0.3, 0.4) is 0 Å². The number of anilines is 1. The van der Waals surface area contributed by atoms with Crippen LogP contribution < -0.4 is 4.90 Å². The number of rotatable bonds is 2. The monoisotopic (exact) mass is 265 g/mol. The van der Waals surface area contributed by atoms with Crippen molar-refractivity contribution in [2.24, 2.45) is 11.8 Å². The van der Waals surface area contributed by atoms with Gasteiger partial charge in [0.1, 0.15) is 0 Å². The molecule has 0 spiro atoms. The van der Waals surface area contributed by atoms with E-state index in [0.29, 0.717) is 5.92 Å². The summed E-state index contributed by atoms with van der Waals surface area (Å²) < 4.78 is 2.00. The molecule has 0 saturated carbocycles. The van der Waals surface area contributed by atoms with Crippen molar-refractivity contribution in [2.45, 2.75) is 26.9 Å². The van der Waals surface area contributed by atoms with Crippen molar-refractivity contribution in [3.63, 3.8) is 0 Å². The van der Waals surface area contributed by atoms with Gasteiger partial charge in [-0.15, -0.1) is 11.3 Å². The fourth-order valence-electron chi connectivity index (χ4n) is 2.68. The van der Waals surface area contributed by atoms with Crippen LogP contribution >= 0.6 is 11.3 Å². The van der Waals surface area contributed by atoms with Gasteiger partial charge in [0.15, 0.2) is 10.8 Å². The molecule has 2 aromatic rings. The Kier molecular flexibility index (Phi) is 3.03. The van der Waals surface area contributed by atoms with E-state index in [1.54, 1.807) is 11.3 Å². The Hall–Kier alpha value is -1.07. The third-order valence-corrected chi connectivity index (χ3v) is 4.88. The Morgan fingerprint density at radius 1 is 1.44 bits per heavy atom. The normalized spacial score (nSPS) is 24.9. The van der Waals surface area contributed by atoms with Crippen LogP contribution in [0.4, 0.5) is 5.82 Å². The summed E-state index contributed by atoms with van der Waals surface area (Å²) in [4.78, 5) is 7.98. The minimum Gasteiger partial charge on any atom is -0.390 e. The Bertz CT molecular complexity index is 547. The smallest absolute Gasteiger partial charge is 0.195 e. The summed E-state index contributed by atoms with van der Waals surface area (Å²) in [6.07, 6.45) is 3.19. The molecular weight excluding hydrogens is 246 g/mol. The number of hydrogen-bond acceptors (Lipinski definition) is 4. The molecule has 1 N–H and O–H groups in total. The Morgan fingerprint density at radius 2 is 2.28 bits per heavy atom. The highest BCUT2D eigenvalue weighted by molar-refractivity contribution is 7.15. The molecule has 2 atom stereocenters. The van der Waals surface area contributed by atoms with E-state index in [-0.39, 0.29) is 6.61 Å². The summed E-state index contributed by atoms with van der Waals surface area (Å²) in [5.41, 5.74) is 0.924. The molecule has 0 aliphatic carbocycles. The van der Waals surface area contributed by atoms with Gasteiger partial charge in [-0.05, 0) is 18.3 Å². The lowest BCUT2D eigenvalue weighted by Gasteiger charge is -2.35. The number of piperidine rings is 1. The van der Waals surface area contributed by atoms with Crippen LogP contribution in [-0.2, 0) is 6.61 Å². The van der Waals surface area contributed by atoms with E-state index in [0.717, 1.165) is 35.5 Å². The zero-order valence-electron chi connectivity index (χ0n) is 10.8. The molecule has 0 bridgehead atoms. The summed E-state index contributed by atoms with van der Waals surface area (Å²) in [5, 5.41) is 11.6. The lowest BCUT2D eigenvalue weighted by atomic mass is 9.89. The van der Waals surface area contributed by atoms with E-state index in [1.807, 2.05) is 16.0 Å². The molecular formula is C13H19N3OS. The van der Waals surface area contributed by atoms with Crippen LogP contribution in [0, 0.1) is 11.8 Å². The summed E-state index contributed by atoms with van der Waals surface area (Å²) >= 11 is 1.62. The highest BCUT2D eigenvalue weighted by Gasteiger charge is 2.26. The van der Waals surface area contributed by atoms with Gasteiger partial charge in [0.05, 0.1) is 12.3 Å². The molecule has 0 amide bonds. The van der Waals surface area contributed by atoms with E-state index in [2.05, 4.69) is 23.7 Å². The fraction of sp³-hybridized carbons (Fsp3) is 0.615. The Labute approximate surface area is 111 Å². The second-order valence-electron chi connectivity index (χ2n) is 5.29. The van der Waals surface area contributed by atoms with Crippen LogP contribution in [0.25, 0.3) is 4.96 Å². The van der Waals surface area contributed by atoms with Crippen molar-refractivity contribution in [2.75, 3.05) is 18.0 Å². The summed E-state index contributed by atoms with van der Waals surface area (Å²) in [5.74, 6) is 2.44. The van der Waals surface area contributed by atoms with Crippen LogP contribution in [0.1, 0.15) is 26.0 Å². The van der Waals surface area contributed by atoms with E-state index >= 15 is 0 Å². The summed E-state index contributed by atoms with van der Waals surface area (Å²) in [6, 6.07) is 0. The first-order chi connectivity index (χ1) is 8.70. The standard InChI is InChI=1S/C13H19N3OS/c1-9-3-4-15(7-10(9)2)12-11(8-17)16-5-6-18-13(16)14-12/h5-6,9-10,17H,3-4,7-8H2,1-2H3. The number of thiazole rings is 1. The Balaban J connectivity index is 1.96. The second kappa shape index (κ2) is 4.55. The van der Waals surface area contributed by atoms with Crippen molar-refractivity contribution in [3.8, 4) is 0 Å². The minimum absolute atomic E-state index is 0.0493. The van der Waals surface area contributed by atoms with Gasteiger partial charge in [0.2, 0.25) is 0 Å². The van der Waals surface area contributed by atoms with Gasteiger partial charge in [-0.3, -0.25) is 4.40 Å². The first kappa shape index (κ1) is 12.0. The van der Waals surface area contributed by atoms with E-state index in [4.69, 9.17) is 0 Å². The third-order valence-electron chi connectivity index (χ3n) is 4.12. The molecule has 1 fully saturated rings. The van der Waals surface area contributed by atoms with Crippen molar-refractivity contribution >= 4 is 22.1 Å². The maximum absolute atomic E-state index is 9.59. The van der Waals surface area contributed by atoms with Gasteiger partial charge >= 0.3 is 0 Å². The zero-order chi connectivity index (χ0) is 12.7. The van der Waals surface area contributed by atoms with Crippen molar-refractivity contribution in [1.29, 1.82) is 0 Å². The first-order valence-corrected chi connectivity index (χ1v) is 7.39. The molecule has 0 aromatic carbocycles. The number of hydrogen-bond donors (Lipinski definition) is 1. The van der Waals surface area contributed by atoms with Gasteiger partial charge in [-0.2, -0.15) is 0 Å². The van der Waals surface area contributed by atoms with Crippen molar-refractivity contribution < 1.29 is 5.11 Å². The fourth-order valence-corrected chi connectivity index (χ4v) is 3.40. The number of fused-ring (bicyclic) bond motifs is 1. The summed E-state index contributed by atoms with van der Waals surface area (Å²) in [7, 11) is 0. The van der Waals surface area contributed by atoms with Gasteiger partial charge in [-0.25, -0.2) is 4.98 Å². The number of aromatic nitrogens is 2. The maximum atomic E-state index is 9.59. The minimum atomic E-state index is 0.0493. The predicted octanol–water partition coefficient (Wildman–Crippen LogP) is 2.37. The number of aliphatic hydroxyl groups is 1. The van der Waals surface area contributed by atoms with Crippen molar-refractivity contribution in [3.05, 3.63) is 17.3 Å². The number of imidazole rings is 1. The predicted molar refractivity (Wildman–Crippen MR) is 74.1 cm³/mol. The van der Waals surface area contributed by atoms with Crippen LogP contribution in [0.2, 0.25) is 0 Å². The Morgan fingerprint density at radius 3 is 3.00 bits per heavy atom. The molecule has 3 heterocycles. The lowest BCUT2D eigenvalue weighted by molar-refractivity contribution is 0.274. The number of aliphatic hydroxyl groups excluding tert-OH is 1. The van der Waals surface area contributed by atoms with Gasteiger partial charge in [-0.1, -0.05) is 13.8 Å². The molecule has 4 nitrogen and oxygen atoms in total. The van der Waals surface area contributed by atoms with Gasteiger partial charge in [0, 0.05) is 24.7 Å². The SMILES string of the molecule is CC1CCN(c2nc3sccn3c2CO)CC1C. The second-order valence-corrected chi connectivity index (χ2v) is 6.16. The van der Waals surface area contributed by atoms with Crippen LogP contribution in [-0.4, -0.2) is 27.6 Å². The highest BCUT2D eigenvalue weighted by atomic mass is 32.1. The molecule has 3 rings (SSSR count). The molecule has 18 heavy (non-hydrogen) atoms. The molecule has 1 aliphatic heterocycles. The molecule has 1 saturated heterocycles. The average molecular weight is 265 g/mol. The average Bonchev–Trinajstić information content (AvgIpc) is 2.92. The number of nitrogens with zero attached hydrogens (tertiary/aromatic N) is 3. The summed E-state index contributed by atoms with van der Waals surface area (Å²) in [6.45, 7) is 6.75.